The summed E-state index contributed by atoms with van der Waals surface area (Å²) in [5, 5.41) is 50.0. The molecule has 4 fully saturated rings. The zero-order valence-corrected chi connectivity index (χ0v) is 60.3. The van der Waals surface area contributed by atoms with Gasteiger partial charge in [-0.3, -0.25) is 33.6 Å². The van der Waals surface area contributed by atoms with Crippen LogP contribution in [0.25, 0.3) is 21.3 Å². The topological polar surface area (TPSA) is 370 Å². The van der Waals surface area contributed by atoms with E-state index in [1.807, 2.05) is 59.8 Å². The number of carboxylic acid groups (broad SMARTS) is 1. The molecule has 103 heavy (non-hydrogen) atoms. The molecule has 9 N–H and O–H groups in total. The van der Waals surface area contributed by atoms with Crippen LogP contribution in [0.4, 0.5) is 37.9 Å². The lowest BCUT2D eigenvalue weighted by molar-refractivity contribution is -0.248. The van der Waals surface area contributed by atoms with Gasteiger partial charge in [0, 0.05) is 105 Å². The Hall–Kier alpha value is -9.45. The predicted molar refractivity (Wildman–Crippen MR) is 386 cm³/mol. The Morgan fingerprint density at radius 3 is 2.30 bits per heavy atom. The summed E-state index contributed by atoms with van der Waals surface area (Å²) in [6.07, 6.45) is 12.7. The number of ether oxygens (including phenoxy) is 3. The lowest BCUT2D eigenvalue weighted by atomic mass is 9.39. The van der Waals surface area contributed by atoms with Crippen molar-refractivity contribution >= 4 is 97.5 Å². The fraction of sp³-hybridized carbons (Fsp3) is 0.527. The van der Waals surface area contributed by atoms with Gasteiger partial charge in [0.15, 0.2) is 22.5 Å². The number of hydrogen-bond acceptors (Lipinski definition) is 20. The van der Waals surface area contributed by atoms with Gasteiger partial charge >= 0.3 is 18.1 Å². The highest BCUT2D eigenvalue weighted by molar-refractivity contribution is 7.22. The molecule has 2 aromatic carbocycles. The van der Waals surface area contributed by atoms with Gasteiger partial charge in [-0.05, 0) is 161 Å². The third-order valence-electron chi connectivity index (χ3n) is 20.5. The van der Waals surface area contributed by atoms with E-state index >= 15 is 0 Å². The molecule has 4 aromatic heterocycles. The van der Waals surface area contributed by atoms with E-state index < -0.39 is 53.4 Å². The van der Waals surface area contributed by atoms with E-state index in [4.69, 9.17) is 35.0 Å². The molecule has 2 unspecified atom stereocenters. The molecule has 550 valence electrons. The first-order chi connectivity index (χ1) is 49.3. The normalized spacial score (nSPS) is 20.8. The van der Waals surface area contributed by atoms with Crippen LogP contribution in [0.5, 0.6) is 0 Å². The quantitative estimate of drug-likeness (QED) is 0.0136. The van der Waals surface area contributed by atoms with Crippen LogP contribution in [0, 0.1) is 41.9 Å². The van der Waals surface area contributed by atoms with Gasteiger partial charge in [0.25, 0.3) is 11.8 Å². The van der Waals surface area contributed by atoms with Crippen LogP contribution in [0.1, 0.15) is 144 Å². The molecule has 6 atom stereocenters. The Kier molecular flexibility index (Phi) is 23.6. The van der Waals surface area contributed by atoms with E-state index in [9.17, 15) is 48.6 Å². The van der Waals surface area contributed by atoms with Crippen molar-refractivity contribution in [3.63, 3.8) is 0 Å². The Morgan fingerprint density at radius 1 is 0.825 bits per heavy atom. The molecule has 6 aromatic rings. The van der Waals surface area contributed by atoms with Gasteiger partial charge in [-0.2, -0.15) is 5.10 Å². The van der Waals surface area contributed by atoms with Crippen LogP contribution in [-0.4, -0.2) is 175 Å². The molecule has 6 heterocycles. The molecule has 12 rings (SSSR count). The van der Waals surface area contributed by atoms with Crippen LogP contribution < -0.4 is 37.2 Å². The zero-order chi connectivity index (χ0) is 73.2. The third kappa shape index (κ3) is 18.3. The first-order valence-corrected chi connectivity index (χ1v) is 36.4. The van der Waals surface area contributed by atoms with E-state index in [-0.39, 0.29) is 112 Å². The Morgan fingerprint density at radius 2 is 1.58 bits per heavy atom. The largest absolute Gasteiger partial charge is 0.476 e. The maximum atomic E-state index is 14.0. The van der Waals surface area contributed by atoms with E-state index in [1.165, 1.54) is 12.2 Å². The molecular formula is C74H95N15O13S. The number of aliphatic hydroxyl groups excluding tert-OH is 1. The molecule has 8 amide bonds. The number of aliphatic hydroxyl groups is 1. The highest BCUT2D eigenvalue weighted by atomic mass is 32.1. The number of hydrogen-bond donors (Lipinski definition) is 8. The van der Waals surface area contributed by atoms with Crippen molar-refractivity contribution in [2.24, 2.45) is 33.8 Å². The number of aromatic nitrogens is 6. The fourth-order valence-corrected chi connectivity index (χ4v) is 17.7. The molecule has 28 nitrogen and oxygen atoms in total. The van der Waals surface area contributed by atoms with E-state index in [0.717, 1.165) is 88.4 Å². The number of amides is 8. The number of carbonyl (C=O) groups is 8. The number of imide groups is 1. The number of urea groups is 1. The number of benzene rings is 2. The maximum absolute atomic E-state index is 14.0. The molecule has 6 aliphatic rings. The van der Waals surface area contributed by atoms with Gasteiger partial charge in [0.1, 0.15) is 18.5 Å². The summed E-state index contributed by atoms with van der Waals surface area (Å²) in [5.74, 6) is -2.13. The number of nitrogens with one attached hydrogen (secondary N) is 5. The Balaban J connectivity index is 0.675. The minimum atomic E-state index is -1.15. The number of aromatic carboxylic acids is 1. The zero-order valence-electron chi connectivity index (χ0n) is 59.5. The number of para-hydroxylation sites is 1. The average molecular weight is 1430 g/mol. The number of pyridine rings is 1. The first-order valence-electron chi connectivity index (χ1n) is 35.6. The summed E-state index contributed by atoms with van der Waals surface area (Å²) in [7, 11) is 0. The summed E-state index contributed by atoms with van der Waals surface area (Å²) >= 11 is 1.55. The Labute approximate surface area is 602 Å². The SMILES string of the molecule is Cc1c(Nc2nc3ccccc3s2)nnc2c1CCCN2c1ccc(-c2cnn(CC34CC5(OCCN(CCCCO)C(=O)OCc6ccc(NC(=O)C[C@H](CCCNC(N)=O)CNC(=O)[C@@H](NC(=O)CCOCCN7C(=O)C=CC7=O)C(C)C)cc6)C[C@](C)(C3)C[C@](C)(C4)C5)c2C)c(C(=O)O)n1. The average Bonchev–Trinajstić information content (AvgIpc) is 1.18. The number of unbranched alkanes of at least 4 members (excludes halogenated alkanes) is 1. The summed E-state index contributed by atoms with van der Waals surface area (Å²) < 4.78 is 21.6. The van der Waals surface area contributed by atoms with Crippen LogP contribution >= 0.6 is 11.3 Å². The first kappa shape index (κ1) is 74.7. The minimum absolute atomic E-state index is 0.00245. The fourth-order valence-electron chi connectivity index (χ4n) is 16.8. The van der Waals surface area contributed by atoms with Crippen LogP contribution in [0.15, 0.2) is 79.0 Å². The lowest BCUT2D eigenvalue weighted by Gasteiger charge is -2.69. The number of carboxylic acids is 1. The molecule has 4 saturated carbocycles. The van der Waals surface area contributed by atoms with Crippen LogP contribution in [0.2, 0.25) is 0 Å². The van der Waals surface area contributed by atoms with E-state index in [2.05, 4.69) is 50.6 Å². The second-order valence-electron chi connectivity index (χ2n) is 29.5. The summed E-state index contributed by atoms with van der Waals surface area (Å²) in [5.41, 5.74) is 10.6. The summed E-state index contributed by atoms with van der Waals surface area (Å²) in [6, 6.07) is 17.0. The lowest BCUT2D eigenvalue weighted by Crippen LogP contribution is -2.64. The van der Waals surface area contributed by atoms with Gasteiger partial charge in [0.05, 0.1) is 48.4 Å². The smallest absolute Gasteiger partial charge is 0.410 e. The van der Waals surface area contributed by atoms with Gasteiger partial charge in [-0.15, -0.1) is 10.2 Å². The second kappa shape index (κ2) is 32.5. The van der Waals surface area contributed by atoms with Gasteiger partial charge in [-0.25, -0.2) is 24.4 Å². The number of anilines is 5. The van der Waals surface area contributed by atoms with Crippen molar-refractivity contribution in [3.8, 4) is 11.1 Å². The predicted octanol–water partition coefficient (Wildman–Crippen LogP) is 9.02. The molecule has 0 spiro atoms. The van der Waals surface area contributed by atoms with Crippen molar-refractivity contribution in [2.45, 2.75) is 156 Å². The van der Waals surface area contributed by atoms with Crippen molar-refractivity contribution in [2.75, 3.05) is 81.2 Å². The van der Waals surface area contributed by atoms with Gasteiger partial charge in [-0.1, -0.05) is 63.3 Å². The standard InChI is InChI=1S/C74H95N15O13S/c1-46(2)62(82-58(91)25-32-100-33-30-88-60(93)23-24-61(88)94)66(95)77-36-50(13-11-26-76-68(75)98)35-59(92)79-51-19-17-49(18-20-51)38-101-70(99)86(27-9-10-31-90)29-34-102-74-42-71(5)39-72(6,43-74)41-73(40-71,44-74)45-89-48(4)54(37-78-89)53-21-22-57(81-63(53)67(96)97)87-28-12-14-52-47(3)64(84-85-65(52)87)83-69-80-55-15-7-8-16-56(55)103-69/h7-8,15-24,37,46,50,62,90H,9-14,25-36,38-45H2,1-6H3,(H,77,95)(H,79,92)(H,82,91)(H,96,97)(H3,75,76,98)(H,80,83,84)/t50-,62-,71-,72+,73?,74?/m0/s1. The number of nitrogens with zero attached hydrogens (tertiary/aromatic N) is 9. The number of thiazole rings is 1. The highest BCUT2D eigenvalue weighted by Gasteiger charge is 2.66. The summed E-state index contributed by atoms with van der Waals surface area (Å²) in [4.78, 5) is 116. The molecular weight excluding hydrogens is 1340 g/mol. The van der Waals surface area contributed by atoms with Crippen molar-refractivity contribution in [3.05, 3.63) is 107 Å². The monoisotopic (exact) mass is 1430 g/mol. The van der Waals surface area contributed by atoms with Gasteiger partial charge < -0.3 is 66.5 Å². The number of rotatable bonds is 35. The molecule has 4 aliphatic carbocycles. The summed E-state index contributed by atoms with van der Waals surface area (Å²) in [6.45, 7) is 14.8. The van der Waals surface area contributed by atoms with Gasteiger partial charge in [0.2, 0.25) is 17.7 Å². The van der Waals surface area contributed by atoms with Crippen molar-refractivity contribution in [1.82, 2.24) is 55.7 Å². The number of carbonyl (C=O) groups excluding carboxylic acids is 7. The third-order valence-corrected chi connectivity index (χ3v) is 21.4. The molecule has 0 radical (unpaired) electrons. The van der Waals surface area contributed by atoms with Crippen molar-refractivity contribution in [1.29, 1.82) is 0 Å². The van der Waals surface area contributed by atoms with Crippen LogP contribution in [-0.2, 0) is 57.8 Å². The van der Waals surface area contributed by atoms with E-state index in [1.54, 1.807) is 60.5 Å². The minimum Gasteiger partial charge on any atom is -0.476 e. The van der Waals surface area contributed by atoms with Crippen molar-refractivity contribution < 1.29 is 62.8 Å². The molecule has 29 heteroatoms. The van der Waals surface area contributed by atoms with Crippen LogP contribution in [0.3, 0.4) is 0 Å². The highest BCUT2D eigenvalue weighted by Crippen LogP contribution is 2.72. The Bertz CT molecular complexity index is 4090. The molecule has 0 saturated heterocycles. The second-order valence-corrected chi connectivity index (χ2v) is 30.5. The number of fused-ring (bicyclic) bond motifs is 2. The number of primary amides is 1. The molecule has 2 aliphatic heterocycles. The number of nitrogens with two attached hydrogens (primary N) is 1. The van der Waals surface area contributed by atoms with E-state index in [0.29, 0.717) is 85.1 Å². The molecule has 4 bridgehead atoms. The maximum Gasteiger partial charge on any atom is 0.410 e.